The Morgan fingerprint density at radius 1 is 1.32 bits per heavy atom. The minimum Gasteiger partial charge on any atom is -0.461 e. The summed E-state index contributed by atoms with van der Waals surface area (Å²) in [6.45, 7) is 6.57. The van der Waals surface area contributed by atoms with Crippen LogP contribution in [0.2, 0.25) is 0 Å². The van der Waals surface area contributed by atoms with Gasteiger partial charge in [-0.2, -0.15) is 9.57 Å². The van der Waals surface area contributed by atoms with E-state index in [0.717, 1.165) is 16.9 Å². The van der Waals surface area contributed by atoms with Gasteiger partial charge in [0.25, 0.3) is 0 Å². The van der Waals surface area contributed by atoms with Crippen molar-refractivity contribution in [3.63, 3.8) is 0 Å². The number of hydrogen-bond donors (Lipinski definition) is 2. The number of nitrogen functional groups attached to an aromatic ring is 1. The van der Waals surface area contributed by atoms with Crippen molar-refractivity contribution in [1.82, 2.24) is 9.29 Å². The van der Waals surface area contributed by atoms with Crippen LogP contribution in [0.3, 0.4) is 0 Å². The van der Waals surface area contributed by atoms with Crippen molar-refractivity contribution in [2.45, 2.75) is 20.8 Å². The van der Waals surface area contributed by atoms with E-state index >= 15 is 0 Å². The number of nitriles is 1. The van der Waals surface area contributed by atoms with E-state index in [2.05, 4.69) is 11.1 Å². The second-order valence-corrected chi connectivity index (χ2v) is 11.1. The van der Waals surface area contributed by atoms with E-state index < -0.39 is 16.1 Å². The number of ether oxygens (including phenoxy) is 1. The normalized spacial score (nSPS) is 14.9. The quantitative estimate of drug-likeness (QED) is 0.530. The summed E-state index contributed by atoms with van der Waals surface area (Å²) in [5.41, 5.74) is 13.2. The molecule has 1 amide bonds. The first-order valence-electron chi connectivity index (χ1n) is 10.5. The molecule has 4 rings (SSSR count). The average Bonchev–Trinajstić information content (AvgIpc) is 3.30. The second-order valence-electron chi connectivity index (χ2n) is 7.84. The van der Waals surface area contributed by atoms with Gasteiger partial charge >= 0.3 is 6.09 Å². The number of hydrogen-bond acceptors (Lipinski definition) is 10. The largest absolute Gasteiger partial charge is 0.461 e. The van der Waals surface area contributed by atoms with Gasteiger partial charge in [-0.15, -0.1) is 0 Å². The zero-order valence-corrected chi connectivity index (χ0v) is 20.5. The number of nitrogens with two attached hydrogens (primary N) is 2. The first-order chi connectivity index (χ1) is 16.1. The highest BCUT2D eigenvalue weighted by atomic mass is 32.2. The lowest BCUT2D eigenvalue weighted by Gasteiger charge is -2.35. The molecule has 13 heteroatoms. The maximum Gasteiger partial charge on any atom is 0.410 e. The van der Waals surface area contributed by atoms with Crippen molar-refractivity contribution in [3.05, 3.63) is 23.0 Å². The lowest BCUT2D eigenvalue weighted by atomic mass is 10.0. The van der Waals surface area contributed by atoms with Crippen LogP contribution in [0.25, 0.3) is 21.5 Å². The van der Waals surface area contributed by atoms with E-state index in [0.29, 0.717) is 46.2 Å². The minimum atomic E-state index is -3.31. The van der Waals surface area contributed by atoms with E-state index in [1.165, 1.54) is 4.31 Å². The maximum absolute atomic E-state index is 12.3. The van der Waals surface area contributed by atoms with Crippen LogP contribution >= 0.6 is 11.3 Å². The van der Waals surface area contributed by atoms with Gasteiger partial charge in [0.15, 0.2) is 0 Å². The number of sulfonamides is 1. The van der Waals surface area contributed by atoms with Gasteiger partial charge in [-0.1, -0.05) is 11.3 Å². The molecule has 1 aliphatic heterocycles. The Bertz CT molecular complexity index is 1410. The van der Waals surface area contributed by atoms with Crippen molar-refractivity contribution >= 4 is 49.2 Å². The standard InChI is InChI=1S/C21H24N6O5S2/c1-4-34(29,30)27-7-5-26(6-8-27)18-13(10-22)15(14-9-11(2)12(3)31-14)16-17(23)20(32-21(24)28)33-19(16)25-18/h9H,4-8,23H2,1-3H3,(H2,24,28). The predicted octanol–water partition coefficient (Wildman–Crippen LogP) is 2.56. The number of carbonyl (C=O) groups excluding carboxylic acids is 1. The first kappa shape index (κ1) is 23.8. The Hall–Kier alpha value is -3.34. The highest BCUT2D eigenvalue weighted by Gasteiger charge is 2.31. The number of aryl methyl sites for hydroxylation is 2. The van der Waals surface area contributed by atoms with E-state index in [9.17, 15) is 18.5 Å². The van der Waals surface area contributed by atoms with Gasteiger partial charge in [0.05, 0.1) is 22.4 Å². The molecular formula is C21H24N6O5S2. The van der Waals surface area contributed by atoms with Crippen LogP contribution < -0.4 is 21.1 Å². The van der Waals surface area contributed by atoms with E-state index in [4.69, 9.17) is 20.6 Å². The molecule has 1 saturated heterocycles. The molecule has 0 bridgehead atoms. The summed E-state index contributed by atoms with van der Waals surface area (Å²) < 4.78 is 37.0. The topological polar surface area (TPSA) is 169 Å². The molecule has 34 heavy (non-hydrogen) atoms. The monoisotopic (exact) mass is 504 g/mol. The smallest absolute Gasteiger partial charge is 0.410 e. The van der Waals surface area contributed by atoms with Crippen LogP contribution in [0.4, 0.5) is 16.3 Å². The van der Waals surface area contributed by atoms with Crippen LogP contribution in [0.1, 0.15) is 23.8 Å². The molecule has 0 aromatic carbocycles. The summed E-state index contributed by atoms with van der Waals surface area (Å²) in [6.07, 6.45) is -1.02. The number of fused-ring (bicyclic) bond motifs is 1. The third-order valence-corrected chi connectivity index (χ3v) is 8.70. The number of rotatable bonds is 5. The Morgan fingerprint density at radius 3 is 2.53 bits per heavy atom. The molecule has 0 aliphatic carbocycles. The van der Waals surface area contributed by atoms with Gasteiger partial charge in [0, 0.05) is 26.2 Å². The second kappa shape index (κ2) is 8.79. The molecular weight excluding hydrogens is 480 g/mol. The Morgan fingerprint density at radius 2 is 2.00 bits per heavy atom. The fourth-order valence-electron chi connectivity index (χ4n) is 3.93. The fraction of sp³-hybridized carbons (Fsp3) is 0.381. The molecule has 3 aromatic heterocycles. The van der Waals surface area contributed by atoms with Crippen molar-refractivity contribution in [2.75, 3.05) is 42.6 Å². The molecule has 1 aliphatic rings. The van der Waals surface area contributed by atoms with E-state index in [1.807, 2.05) is 24.8 Å². The summed E-state index contributed by atoms with van der Waals surface area (Å²) in [7, 11) is -3.31. The summed E-state index contributed by atoms with van der Waals surface area (Å²) in [4.78, 5) is 18.4. The summed E-state index contributed by atoms with van der Waals surface area (Å²) in [6, 6.07) is 4.04. The number of pyridine rings is 1. The molecule has 11 nitrogen and oxygen atoms in total. The first-order valence-corrected chi connectivity index (χ1v) is 12.9. The number of thiophene rings is 1. The van der Waals surface area contributed by atoms with Gasteiger partial charge in [0.2, 0.25) is 15.1 Å². The van der Waals surface area contributed by atoms with Crippen molar-refractivity contribution in [1.29, 1.82) is 5.26 Å². The van der Waals surface area contributed by atoms with Crippen molar-refractivity contribution < 1.29 is 22.4 Å². The minimum absolute atomic E-state index is 0.0269. The van der Waals surface area contributed by atoms with Gasteiger partial charge in [-0.3, -0.25) is 0 Å². The average molecular weight is 505 g/mol. The van der Waals surface area contributed by atoms with Gasteiger partial charge in [0.1, 0.15) is 33.8 Å². The van der Waals surface area contributed by atoms with Crippen LogP contribution in [0.15, 0.2) is 10.5 Å². The number of primary amides is 1. The summed E-state index contributed by atoms with van der Waals surface area (Å²) >= 11 is 1.03. The van der Waals surface area contributed by atoms with Crippen LogP contribution in [-0.2, 0) is 10.0 Å². The molecule has 4 heterocycles. The number of amides is 1. The molecule has 0 unspecified atom stereocenters. The number of carbonyl (C=O) groups is 1. The van der Waals surface area contributed by atoms with Gasteiger partial charge in [-0.25, -0.2) is 18.2 Å². The highest BCUT2D eigenvalue weighted by molar-refractivity contribution is 7.89. The lowest BCUT2D eigenvalue weighted by molar-refractivity contribution is 0.212. The number of furan rings is 1. The molecule has 0 atom stereocenters. The number of anilines is 2. The third-order valence-electron chi connectivity index (χ3n) is 5.84. The summed E-state index contributed by atoms with van der Waals surface area (Å²) in [5.74, 6) is 1.53. The van der Waals surface area contributed by atoms with Crippen molar-refractivity contribution in [3.8, 4) is 22.5 Å². The van der Waals surface area contributed by atoms with Crippen LogP contribution in [0.5, 0.6) is 5.06 Å². The molecule has 0 radical (unpaired) electrons. The molecule has 0 saturated carbocycles. The molecule has 180 valence electrons. The van der Waals surface area contributed by atoms with Crippen LogP contribution in [-0.4, -0.2) is 55.7 Å². The zero-order chi connectivity index (χ0) is 24.8. The number of aromatic nitrogens is 1. The predicted molar refractivity (Wildman–Crippen MR) is 129 cm³/mol. The molecule has 3 aromatic rings. The van der Waals surface area contributed by atoms with Gasteiger partial charge < -0.3 is 25.5 Å². The SMILES string of the molecule is CCS(=O)(=O)N1CCN(c2nc3sc(OC(N)=O)c(N)c3c(-c3cc(C)c(C)o3)c2C#N)CC1. The number of nitrogens with zero attached hydrogens (tertiary/aromatic N) is 4. The molecule has 0 spiro atoms. The number of piperazine rings is 1. The molecule has 1 fully saturated rings. The Kier molecular flexibility index (Phi) is 6.15. The van der Waals surface area contributed by atoms with Crippen molar-refractivity contribution in [2.24, 2.45) is 5.73 Å². The highest BCUT2D eigenvalue weighted by Crippen LogP contribution is 2.47. The third kappa shape index (κ3) is 4.04. The Labute approximate surface area is 200 Å². The Balaban J connectivity index is 1.90. The van der Waals surface area contributed by atoms with E-state index in [1.54, 1.807) is 6.92 Å². The lowest BCUT2D eigenvalue weighted by Crippen LogP contribution is -2.49. The summed E-state index contributed by atoms with van der Waals surface area (Å²) in [5, 5.41) is 10.7. The zero-order valence-electron chi connectivity index (χ0n) is 18.9. The molecule has 4 N–H and O–H groups in total. The fourth-order valence-corrected chi connectivity index (χ4v) is 5.97. The van der Waals surface area contributed by atoms with Gasteiger partial charge in [-0.05, 0) is 32.4 Å². The van der Waals surface area contributed by atoms with E-state index in [-0.39, 0.29) is 35.2 Å². The van der Waals surface area contributed by atoms with Crippen LogP contribution in [0, 0.1) is 25.2 Å². The maximum atomic E-state index is 12.3.